The van der Waals surface area contributed by atoms with Gasteiger partial charge in [0.1, 0.15) is 5.82 Å². The number of H-pyrrole nitrogens is 1. The van der Waals surface area contributed by atoms with Crippen molar-refractivity contribution < 1.29 is 4.39 Å². The summed E-state index contributed by atoms with van der Waals surface area (Å²) in [6.07, 6.45) is 3.23. The maximum atomic E-state index is 13.6. The molecule has 0 aliphatic heterocycles. The summed E-state index contributed by atoms with van der Waals surface area (Å²) in [7, 11) is 0. The van der Waals surface area contributed by atoms with E-state index in [1.807, 2.05) is 13.0 Å². The van der Waals surface area contributed by atoms with Crippen molar-refractivity contribution in [3.63, 3.8) is 0 Å². The van der Waals surface area contributed by atoms with Crippen LogP contribution in [0.3, 0.4) is 0 Å². The van der Waals surface area contributed by atoms with Crippen LogP contribution >= 0.6 is 0 Å². The van der Waals surface area contributed by atoms with Crippen LogP contribution in [0.15, 0.2) is 18.2 Å². The van der Waals surface area contributed by atoms with Crippen LogP contribution in [0, 0.1) is 5.82 Å². The fourth-order valence-corrected chi connectivity index (χ4v) is 2.25. The SMILES string of the molecule is CCc1cc2cc(C3(C)CC3)[nH]c2cc1F. The number of hydrogen-bond acceptors (Lipinski definition) is 0. The molecule has 1 aliphatic rings. The third-order valence-electron chi connectivity index (χ3n) is 3.82. The number of rotatable bonds is 2. The van der Waals surface area contributed by atoms with Crippen LogP contribution in [0.5, 0.6) is 0 Å². The molecule has 1 nitrogen and oxygen atoms in total. The zero-order valence-corrected chi connectivity index (χ0v) is 9.73. The second kappa shape index (κ2) is 3.09. The average molecular weight is 217 g/mol. The van der Waals surface area contributed by atoms with Gasteiger partial charge in [-0.3, -0.25) is 0 Å². The Labute approximate surface area is 94.7 Å². The lowest BCUT2D eigenvalue weighted by molar-refractivity contribution is 0.614. The van der Waals surface area contributed by atoms with Crippen molar-refractivity contribution >= 4 is 10.9 Å². The zero-order chi connectivity index (χ0) is 11.3. The van der Waals surface area contributed by atoms with Gasteiger partial charge in [0, 0.05) is 22.0 Å². The zero-order valence-electron chi connectivity index (χ0n) is 9.73. The first-order valence-electron chi connectivity index (χ1n) is 5.94. The monoisotopic (exact) mass is 217 g/mol. The van der Waals surface area contributed by atoms with Gasteiger partial charge in [-0.05, 0) is 43.0 Å². The summed E-state index contributed by atoms with van der Waals surface area (Å²) in [5, 5.41) is 1.14. The summed E-state index contributed by atoms with van der Waals surface area (Å²) < 4.78 is 13.6. The van der Waals surface area contributed by atoms with Crippen LogP contribution in [0.25, 0.3) is 10.9 Å². The molecule has 16 heavy (non-hydrogen) atoms. The molecule has 1 heterocycles. The lowest BCUT2D eigenvalue weighted by Gasteiger charge is -2.02. The van der Waals surface area contributed by atoms with Crippen molar-refractivity contribution in [1.29, 1.82) is 0 Å². The van der Waals surface area contributed by atoms with Gasteiger partial charge in [-0.1, -0.05) is 13.8 Å². The van der Waals surface area contributed by atoms with E-state index >= 15 is 0 Å². The molecule has 1 fully saturated rings. The lowest BCUT2D eigenvalue weighted by Crippen LogP contribution is -1.98. The second-order valence-corrected chi connectivity index (χ2v) is 5.13. The number of nitrogens with one attached hydrogen (secondary N) is 1. The topological polar surface area (TPSA) is 15.8 Å². The Hall–Kier alpha value is -1.31. The normalized spacial score (nSPS) is 17.9. The quantitative estimate of drug-likeness (QED) is 0.784. The Kier molecular flexibility index (Phi) is 1.91. The van der Waals surface area contributed by atoms with Crippen molar-refractivity contribution in [1.82, 2.24) is 4.98 Å². The highest BCUT2D eigenvalue weighted by atomic mass is 19.1. The molecule has 84 valence electrons. The van der Waals surface area contributed by atoms with Crippen LogP contribution in [0.2, 0.25) is 0 Å². The molecule has 2 aromatic rings. The minimum absolute atomic E-state index is 0.0932. The van der Waals surface area contributed by atoms with Gasteiger partial charge in [-0.15, -0.1) is 0 Å². The maximum absolute atomic E-state index is 13.6. The van der Waals surface area contributed by atoms with Gasteiger partial charge in [0.15, 0.2) is 0 Å². The van der Waals surface area contributed by atoms with Gasteiger partial charge in [-0.25, -0.2) is 4.39 Å². The molecule has 1 aliphatic carbocycles. The molecule has 3 rings (SSSR count). The Bertz CT molecular complexity index is 549. The highest BCUT2D eigenvalue weighted by molar-refractivity contribution is 5.81. The number of fused-ring (bicyclic) bond motifs is 1. The highest BCUT2D eigenvalue weighted by Gasteiger charge is 2.40. The maximum Gasteiger partial charge on any atom is 0.128 e. The van der Waals surface area contributed by atoms with Crippen LogP contribution in [-0.4, -0.2) is 4.98 Å². The summed E-state index contributed by atoms with van der Waals surface area (Å²) in [5.74, 6) is -0.0932. The van der Waals surface area contributed by atoms with Gasteiger partial charge in [-0.2, -0.15) is 0 Å². The molecule has 1 saturated carbocycles. The lowest BCUT2D eigenvalue weighted by atomic mass is 10.1. The summed E-state index contributed by atoms with van der Waals surface area (Å²) in [6.45, 7) is 4.24. The molecule has 0 radical (unpaired) electrons. The molecular weight excluding hydrogens is 201 g/mol. The third-order valence-corrected chi connectivity index (χ3v) is 3.82. The van der Waals surface area contributed by atoms with Gasteiger partial charge in [0.25, 0.3) is 0 Å². The molecule has 1 aromatic carbocycles. The van der Waals surface area contributed by atoms with Crippen LogP contribution < -0.4 is 0 Å². The van der Waals surface area contributed by atoms with E-state index in [2.05, 4.69) is 18.0 Å². The number of halogens is 1. The predicted molar refractivity (Wildman–Crippen MR) is 64.2 cm³/mol. The van der Waals surface area contributed by atoms with E-state index in [1.165, 1.54) is 18.5 Å². The van der Waals surface area contributed by atoms with E-state index in [0.29, 0.717) is 5.41 Å². The molecule has 2 heteroatoms. The number of benzene rings is 1. The first kappa shape index (κ1) is 9.88. The third kappa shape index (κ3) is 1.36. The Morgan fingerprint density at radius 2 is 2.06 bits per heavy atom. The average Bonchev–Trinajstić information content (AvgIpc) is 2.88. The van der Waals surface area contributed by atoms with E-state index in [9.17, 15) is 4.39 Å². The van der Waals surface area contributed by atoms with Crippen LogP contribution in [0.4, 0.5) is 4.39 Å². The summed E-state index contributed by atoms with van der Waals surface area (Å²) in [4.78, 5) is 3.35. The first-order chi connectivity index (χ1) is 7.62. The van der Waals surface area contributed by atoms with Gasteiger partial charge >= 0.3 is 0 Å². The van der Waals surface area contributed by atoms with E-state index in [0.717, 1.165) is 22.9 Å². The van der Waals surface area contributed by atoms with Crippen molar-refractivity contribution in [2.75, 3.05) is 0 Å². The molecule has 0 atom stereocenters. The van der Waals surface area contributed by atoms with Gasteiger partial charge < -0.3 is 4.98 Å². The molecule has 0 saturated heterocycles. The number of aromatic nitrogens is 1. The number of aromatic amines is 1. The molecule has 0 amide bonds. The minimum atomic E-state index is -0.0932. The number of hydrogen-bond donors (Lipinski definition) is 1. The van der Waals surface area contributed by atoms with Gasteiger partial charge in [0.05, 0.1) is 0 Å². The summed E-state index contributed by atoms with van der Waals surface area (Å²) in [6, 6.07) is 5.78. The largest absolute Gasteiger partial charge is 0.358 e. The number of aryl methyl sites for hydroxylation is 1. The fourth-order valence-electron chi connectivity index (χ4n) is 2.25. The second-order valence-electron chi connectivity index (χ2n) is 5.13. The van der Waals surface area contributed by atoms with E-state index in [4.69, 9.17) is 0 Å². The molecule has 0 unspecified atom stereocenters. The van der Waals surface area contributed by atoms with E-state index < -0.39 is 0 Å². The molecule has 0 spiro atoms. The minimum Gasteiger partial charge on any atom is -0.358 e. The Morgan fingerprint density at radius 3 is 2.69 bits per heavy atom. The van der Waals surface area contributed by atoms with Crippen molar-refractivity contribution in [3.8, 4) is 0 Å². The van der Waals surface area contributed by atoms with Gasteiger partial charge in [0.2, 0.25) is 0 Å². The Morgan fingerprint density at radius 1 is 1.31 bits per heavy atom. The molecule has 0 bridgehead atoms. The fraction of sp³-hybridized carbons (Fsp3) is 0.429. The van der Waals surface area contributed by atoms with Crippen molar-refractivity contribution in [2.24, 2.45) is 0 Å². The first-order valence-corrected chi connectivity index (χ1v) is 5.94. The van der Waals surface area contributed by atoms with E-state index in [-0.39, 0.29) is 5.82 Å². The highest BCUT2D eigenvalue weighted by Crippen LogP contribution is 2.47. The van der Waals surface area contributed by atoms with Crippen molar-refractivity contribution in [2.45, 2.75) is 38.5 Å². The molecule has 1 N–H and O–H groups in total. The standard InChI is InChI=1S/C14H16FN/c1-3-9-6-10-7-13(14(2)4-5-14)16-12(10)8-11(9)15/h6-8,16H,3-5H2,1-2H3. The summed E-state index contributed by atoms with van der Waals surface area (Å²) >= 11 is 0. The van der Waals surface area contributed by atoms with E-state index in [1.54, 1.807) is 6.07 Å². The smallest absolute Gasteiger partial charge is 0.128 e. The molecular formula is C14H16FN. The summed E-state index contributed by atoms with van der Waals surface area (Å²) in [5.41, 5.74) is 3.31. The predicted octanol–water partition coefficient (Wildman–Crippen LogP) is 3.92. The van der Waals surface area contributed by atoms with Crippen LogP contribution in [-0.2, 0) is 11.8 Å². The van der Waals surface area contributed by atoms with Crippen LogP contribution in [0.1, 0.15) is 37.9 Å². The van der Waals surface area contributed by atoms with Crippen molar-refractivity contribution in [3.05, 3.63) is 35.3 Å². The Balaban J connectivity index is 2.17. The molecule has 1 aromatic heterocycles.